The fourth-order valence-electron chi connectivity index (χ4n) is 5.71. The number of piperazine rings is 1. The zero-order valence-electron chi connectivity index (χ0n) is 22.6. The van der Waals surface area contributed by atoms with E-state index in [4.69, 9.17) is 0 Å². The van der Waals surface area contributed by atoms with Crippen molar-refractivity contribution < 1.29 is 18.1 Å². The summed E-state index contributed by atoms with van der Waals surface area (Å²) in [6.45, 7) is 8.23. The van der Waals surface area contributed by atoms with Gasteiger partial charge in [0.25, 0.3) is 11.2 Å². The molecular weight excluding hydrogens is 556 g/mol. The van der Waals surface area contributed by atoms with Crippen LogP contribution in [0, 0.1) is 28.9 Å². The van der Waals surface area contributed by atoms with Gasteiger partial charge in [0.05, 0.1) is 16.6 Å². The van der Waals surface area contributed by atoms with Crippen LogP contribution in [-0.4, -0.2) is 77.3 Å². The molecule has 5 rings (SSSR count). The lowest BCUT2D eigenvalue weighted by Gasteiger charge is -2.36. The Balaban J connectivity index is 1.33. The van der Waals surface area contributed by atoms with Crippen molar-refractivity contribution in [2.75, 3.05) is 44.2 Å². The second kappa shape index (κ2) is 10.9. The number of aromatic nitrogens is 2. The Bertz CT molecular complexity index is 1600. The molecule has 4 heterocycles. The Kier molecular flexibility index (Phi) is 7.68. The Labute approximate surface area is 236 Å². The van der Waals surface area contributed by atoms with E-state index in [1.54, 1.807) is 24.0 Å². The second-order valence-electron chi connectivity index (χ2n) is 10.8. The number of rotatable bonds is 6. The molecular formula is C26H32N6O6S2. The standard InChI is InChI=1S/C26H32N6O6S2/c1-17-12-18(2)14-31(13-17)40(37,38)24-19(3)39-25-23(24)26(34)30(16-27-25)15-22(33)29-10-8-28(9-11-29)20-4-6-21(7-5-20)32(35)36/h4-7,16-18H,8-15H2,1-3H3. The van der Waals surface area contributed by atoms with Crippen LogP contribution in [0.2, 0.25) is 0 Å². The minimum absolute atomic E-state index is 0.00445. The topological polar surface area (TPSA) is 139 Å². The molecule has 0 spiro atoms. The number of aryl methyl sites for hydroxylation is 1. The summed E-state index contributed by atoms with van der Waals surface area (Å²) in [5, 5.41) is 11.0. The average molecular weight is 589 g/mol. The van der Waals surface area contributed by atoms with E-state index in [2.05, 4.69) is 4.98 Å². The molecule has 2 aliphatic heterocycles. The number of non-ortho nitro benzene ring substituents is 1. The molecule has 1 aromatic carbocycles. The van der Waals surface area contributed by atoms with Gasteiger partial charge in [-0.25, -0.2) is 13.4 Å². The minimum Gasteiger partial charge on any atom is -0.368 e. The van der Waals surface area contributed by atoms with Gasteiger partial charge in [-0.3, -0.25) is 24.3 Å². The second-order valence-corrected chi connectivity index (χ2v) is 13.8. The molecule has 0 saturated carbocycles. The monoisotopic (exact) mass is 588 g/mol. The molecule has 3 aromatic rings. The minimum atomic E-state index is -3.92. The Morgan fingerprint density at radius 2 is 1.73 bits per heavy atom. The highest BCUT2D eigenvalue weighted by Crippen LogP contribution is 2.35. The summed E-state index contributed by atoms with van der Waals surface area (Å²) in [5.41, 5.74) is 0.317. The van der Waals surface area contributed by atoms with Crippen molar-refractivity contribution in [2.24, 2.45) is 11.8 Å². The Morgan fingerprint density at radius 3 is 2.33 bits per heavy atom. The molecule has 0 N–H and O–H groups in total. The molecule has 2 fully saturated rings. The number of hydrogen-bond acceptors (Lipinski definition) is 9. The summed E-state index contributed by atoms with van der Waals surface area (Å²) in [6.07, 6.45) is 2.26. The van der Waals surface area contributed by atoms with Gasteiger partial charge in [0.15, 0.2) is 0 Å². The van der Waals surface area contributed by atoms with Crippen LogP contribution >= 0.6 is 11.3 Å². The Hall–Kier alpha value is -3.36. The highest BCUT2D eigenvalue weighted by atomic mass is 32.2. The third-order valence-electron chi connectivity index (χ3n) is 7.60. The van der Waals surface area contributed by atoms with Gasteiger partial charge in [-0.05, 0) is 37.3 Å². The first kappa shape index (κ1) is 28.2. The summed E-state index contributed by atoms with van der Waals surface area (Å²) in [7, 11) is -3.92. The number of thiophene rings is 1. The van der Waals surface area contributed by atoms with E-state index in [9.17, 15) is 28.1 Å². The molecule has 2 saturated heterocycles. The van der Waals surface area contributed by atoms with Crippen LogP contribution in [-0.2, 0) is 21.4 Å². The van der Waals surface area contributed by atoms with Gasteiger partial charge in [0.1, 0.15) is 16.3 Å². The van der Waals surface area contributed by atoms with E-state index >= 15 is 0 Å². The summed E-state index contributed by atoms with van der Waals surface area (Å²) >= 11 is 1.17. The van der Waals surface area contributed by atoms with Crippen molar-refractivity contribution in [3.63, 3.8) is 0 Å². The molecule has 12 nitrogen and oxygen atoms in total. The smallest absolute Gasteiger partial charge is 0.269 e. The van der Waals surface area contributed by atoms with E-state index < -0.39 is 20.5 Å². The maximum absolute atomic E-state index is 13.8. The predicted octanol–water partition coefficient (Wildman–Crippen LogP) is 2.69. The first-order valence-electron chi connectivity index (χ1n) is 13.2. The van der Waals surface area contributed by atoms with E-state index in [0.29, 0.717) is 49.0 Å². The zero-order valence-corrected chi connectivity index (χ0v) is 24.3. The quantitative estimate of drug-likeness (QED) is 0.316. The SMILES string of the molecule is Cc1sc2ncn(CC(=O)N3CCN(c4ccc([N+](=O)[O-])cc4)CC3)c(=O)c2c1S(=O)(=O)N1CC(C)CC(C)C1. The van der Waals surface area contributed by atoms with Gasteiger partial charge >= 0.3 is 0 Å². The number of hydrogen-bond donors (Lipinski definition) is 0. The molecule has 2 aromatic heterocycles. The number of nitro benzene ring substituents is 1. The van der Waals surface area contributed by atoms with Crippen molar-refractivity contribution in [1.82, 2.24) is 18.8 Å². The number of carbonyl (C=O) groups excluding carboxylic acids is 1. The van der Waals surface area contributed by atoms with Crippen LogP contribution in [0.3, 0.4) is 0 Å². The van der Waals surface area contributed by atoms with Crippen LogP contribution in [0.4, 0.5) is 11.4 Å². The molecule has 0 aliphatic carbocycles. The van der Waals surface area contributed by atoms with Gasteiger partial charge in [0, 0.05) is 62.0 Å². The number of fused-ring (bicyclic) bond motifs is 1. The largest absolute Gasteiger partial charge is 0.368 e. The summed E-state index contributed by atoms with van der Waals surface area (Å²) < 4.78 is 30.2. The molecule has 214 valence electrons. The van der Waals surface area contributed by atoms with E-state index in [1.165, 1.54) is 38.7 Å². The van der Waals surface area contributed by atoms with Crippen molar-refractivity contribution in [3.8, 4) is 0 Å². The van der Waals surface area contributed by atoms with Crippen molar-refractivity contribution in [1.29, 1.82) is 0 Å². The highest BCUT2D eigenvalue weighted by Gasteiger charge is 2.36. The number of amides is 1. The molecule has 1 amide bonds. The number of sulfonamides is 1. The molecule has 2 aliphatic rings. The third-order valence-corrected chi connectivity index (χ3v) is 10.7. The number of benzene rings is 1. The zero-order chi connectivity index (χ0) is 28.8. The lowest BCUT2D eigenvalue weighted by molar-refractivity contribution is -0.384. The highest BCUT2D eigenvalue weighted by molar-refractivity contribution is 7.89. The van der Waals surface area contributed by atoms with Gasteiger partial charge in [-0.2, -0.15) is 4.31 Å². The fourth-order valence-corrected chi connectivity index (χ4v) is 9.06. The van der Waals surface area contributed by atoms with E-state index in [1.807, 2.05) is 18.7 Å². The number of piperidine rings is 1. The molecule has 0 bridgehead atoms. The van der Waals surface area contributed by atoms with E-state index in [-0.39, 0.29) is 40.3 Å². The van der Waals surface area contributed by atoms with Gasteiger partial charge < -0.3 is 9.80 Å². The maximum Gasteiger partial charge on any atom is 0.269 e. The van der Waals surface area contributed by atoms with Crippen molar-refractivity contribution in [2.45, 2.75) is 38.6 Å². The van der Waals surface area contributed by atoms with Crippen LogP contribution in [0.5, 0.6) is 0 Å². The normalized spacial score (nSPS) is 20.7. The van der Waals surface area contributed by atoms with Crippen LogP contribution < -0.4 is 10.5 Å². The number of anilines is 1. The summed E-state index contributed by atoms with van der Waals surface area (Å²) in [5.74, 6) is 0.177. The summed E-state index contributed by atoms with van der Waals surface area (Å²) in [6, 6.07) is 6.29. The average Bonchev–Trinajstić information content (AvgIpc) is 3.27. The van der Waals surface area contributed by atoms with E-state index in [0.717, 1.165) is 12.1 Å². The first-order valence-corrected chi connectivity index (χ1v) is 15.5. The van der Waals surface area contributed by atoms with Crippen molar-refractivity contribution in [3.05, 3.63) is 55.9 Å². The Morgan fingerprint density at radius 1 is 1.10 bits per heavy atom. The lowest BCUT2D eigenvalue weighted by atomic mass is 9.94. The predicted molar refractivity (Wildman–Crippen MR) is 152 cm³/mol. The molecule has 14 heteroatoms. The third kappa shape index (κ3) is 5.34. The molecule has 2 unspecified atom stereocenters. The number of carbonyl (C=O) groups is 1. The van der Waals surface area contributed by atoms with Gasteiger partial charge in [-0.15, -0.1) is 11.3 Å². The summed E-state index contributed by atoms with van der Waals surface area (Å²) in [4.78, 5) is 46.1. The van der Waals surface area contributed by atoms with Gasteiger partial charge in [0.2, 0.25) is 15.9 Å². The van der Waals surface area contributed by atoms with Crippen LogP contribution in [0.25, 0.3) is 10.2 Å². The van der Waals surface area contributed by atoms with Crippen LogP contribution in [0.15, 0.2) is 40.3 Å². The molecule has 0 radical (unpaired) electrons. The number of nitrogens with zero attached hydrogens (tertiary/aromatic N) is 6. The van der Waals surface area contributed by atoms with Crippen LogP contribution in [0.1, 0.15) is 25.1 Å². The number of nitro groups is 1. The lowest BCUT2D eigenvalue weighted by Crippen LogP contribution is -2.50. The van der Waals surface area contributed by atoms with Gasteiger partial charge in [-0.1, -0.05) is 13.8 Å². The first-order chi connectivity index (χ1) is 19.0. The van der Waals surface area contributed by atoms with Crippen molar-refractivity contribution >= 4 is 48.9 Å². The molecule has 2 atom stereocenters. The maximum atomic E-state index is 13.8. The molecule has 40 heavy (non-hydrogen) atoms. The fraction of sp³-hybridized carbons (Fsp3) is 0.500.